The smallest absolute Gasteiger partial charge is 0.408 e. The minimum Gasteiger partial charge on any atom is -0.491 e. The summed E-state index contributed by atoms with van der Waals surface area (Å²) >= 11 is 0. The number of ether oxygens (including phenoxy) is 3. The van der Waals surface area contributed by atoms with Crippen LogP contribution in [-0.4, -0.2) is 52.2 Å². The molecule has 1 aliphatic heterocycles. The summed E-state index contributed by atoms with van der Waals surface area (Å²) in [6.45, 7) is 0.525. The summed E-state index contributed by atoms with van der Waals surface area (Å²) in [4.78, 5) is 23.9. The van der Waals surface area contributed by atoms with Gasteiger partial charge in [-0.1, -0.05) is 0 Å². The van der Waals surface area contributed by atoms with Crippen LogP contribution in [0.1, 0.15) is 47.1 Å². The molecule has 1 fully saturated rings. The van der Waals surface area contributed by atoms with E-state index >= 15 is 0 Å². The van der Waals surface area contributed by atoms with Crippen LogP contribution in [0.4, 0.5) is 18.9 Å². The summed E-state index contributed by atoms with van der Waals surface area (Å²) in [6, 6.07) is 3.49. The number of halogens is 3. The maximum absolute atomic E-state index is 13.5. The summed E-state index contributed by atoms with van der Waals surface area (Å²) in [6.07, 6.45) is 1.29. The molecule has 2 aliphatic rings. The van der Waals surface area contributed by atoms with Gasteiger partial charge in [-0.05, 0) is 43.9 Å². The third kappa shape index (κ3) is 4.36. The van der Waals surface area contributed by atoms with E-state index in [0.29, 0.717) is 39.7 Å². The largest absolute Gasteiger partial charge is 0.491 e. The van der Waals surface area contributed by atoms with Crippen LogP contribution in [-0.2, 0) is 11.3 Å². The van der Waals surface area contributed by atoms with Gasteiger partial charge in [0.2, 0.25) is 0 Å². The lowest BCUT2D eigenvalue weighted by molar-refractivity contribution is -0.142. The summed E-state index contributed by atoms with van der Waals surface area (Å²) in [5.41, 5.74) is 2.82. The predicted molar refractivity (Wildman–Crippen MR) is 122 cm³/mol. The number of methoxy groups -OCH3 is 2. The van der Waals surface area contributed by atoms with Gasteiger partial charge in [-0.2, -0.15) is 18.3 Å². The molecule has 0 radical (unpaired) electrons. The molecule has 0 saturated heterocycles. The number of amides is 1. The number of aryl methyl sites for hydroxylation is 1. The van der Waals surface area contributed by atoms with Crippen LogP contribution >= 0.6 is 0 Å². The summed E-state index contributed by atoms with van der Waals surface area (Å²) in [5.74, 6) is 0.345. The monoisotopic (exact) mass is 503 g/mol. The first-order valence-corrected chi connectivity index (χ1v) is 11.4. The second kappa shape index (κ2) is 9.08. The number of rotatable bonds is 7. The molecule has 1 amide bonds. The molecule has 3 aromatic rings. The quantitative estimate of drug-likeness (QED) is 0.470. The van der Waals surface area contributed by atoms with Crippen LogP contribution in [0.25, 0.3) is 11.3 Å². The van der Waals surface area contributed by atoms with Crippen LogP contribution in [0.3, 0.4) is 0 Å². The number of nitrogens with zero attached hydrogens (tertiary/aromatic N) is 5. The van der Waals surface area contributed by atoms with Crippen LogP contribution in [0.15, 0.2) is 30.7 Å². The molecule has 1 atom stereocenters. The van der Waals surface area contributed by atoms with Crippen LogP contribution in [0.5, 0.6) is 11.6 Å². The number of alkyl halides is 3. The summed E-state index contributed by atoms with van der Waals surface area (Å²) in [7, 11) is 2.99. The highest BCUT2D eigenvalue weighted by atomic mass is 19.4. The molecule has 0 aromatic carbocycles. The van der Waals surface area contributed by atoms with Crippen LogP contribution in [0, 0.1) is 6.92 Å². The van der Waals surface area contributed by atoms with Crippen LogP contribution < -0.4 is 14.4 Å². The summed E-state index contributed by atoms with van der Waals surface area (Å²) < 4.78 is 56.2. The van der Waals surface area contributed by atoms with Crippen molar-refractivity contribution in [2.45, 2.75) is 51.2 Å². The Morgan fingerprint density at radius 3 is 2.56 bits per heavy atom. The highest BCUT2D eigenvalue weighted by molar-refractivity contribution is 6.11. The molecule has 190 valence electrons. The first-order chi connectivity index (χ1) is 17.2. The number of carbonyl (C=O) groups is 1. The zero-order valence-corrected chi connectivity index (χ0v) is 19.9. The molecule has 36 heavy (non-hydrogen) atoms. The first-order valence-electron chi connectivity index (χ1n) is 11.4. The van der Waals surface area contributed by atoms with E-state index in [1.54, 1.807) is 25.3 Å². The van der Waals surface area contributed by atoms with Crippen molar-refractivity contribution in [1.82, 2.24) is 19.7 Å². The van der Waals surface area contributed by atoms with Gasteiger partial charge in [-0.15, -0.1) is 0 Å². The lowest BCUT2D eigenvalue weighted by Gasteiger charge is -2.32. The Bertz CT molecular complexity index is 1310. The topological polar surface area (TPSA) is 91.6 Å². The molecule has 1 aliphatic carbocycles. The number of carbonyl (C=O) groups excluding carboxylic acids is 1. The van der Waals surface area contributed by atoms with E-state index in [0.717, 1.165) is 23.9 Å². The number of anilines is 1. The van der Waals surface area contributed by atoms with E-state index in [1.165, 1.54) is 31.5 Å². The van der Waals surface area contributed by atoms with Gasteiger partial charge >= 0.3 is 6.18 Å². The van der Waals surface area contributed by atoms with Gasteiger partial charge in [-0.3, -0.25) is 14.4 Å². The fraction of sp³-hybridized carbons (Fsp3) is 0.417. The van der Waals surface area contributed by atoms with Crippen molar-refractivity contribution in [1.29, 1.82) is 0 Å². The zero-order valence-electron chi connectivity index (χ0n) is 19.9. The minimum atomic E-state index is -4.44. The predicted octanol–water partition coefficient (Wildman–Crippen LogP) is 4.46. The van der Waals surface area contributed by atoms with E-state index in [4.69, 9.17) is 19.2 Å². The molecule has 3 aromatic heterocycles. The number of hydrogen-bond acceptors (Lipinski definition) is 7. The highest BCUT2D eigenvalue weighted by Gasteiger charge is 2.44. The fourth-order valence-corrected chi connectivity index (χ4v) is 4.34. The second-order valence-corrected chi connectivity index (χ2v) is 8.75. The third-order valence-electron chi connectivity index (χ3n) is 6.29. The van der Waals surface area contributed by atoms with Gasteiger partial charge in [-0.25, -0.2) is 9.97 Å². The molecule has 4 heterocycles. The normalized spacial score (nSPS) is 17.8. The number of hydrogen-bond donors (Lipinski definition) is 0. The minimum absolute atomic E-state index is 0.0741. The van der Waals surface area contributed by atoms with Gasteiger partial charge < -0.3 is 14.2 Å². The third-order valence-corrected chi connectivity index (χ3v) is 6.29. The summed E-state index contributed by atoms with van der Waals surface area (Å²) in [5, 5.41) is 3.81. The second-order valence-electron chi connectivity index (χ2n) is 8.75. The van der Waals surface area contributed by atoms with Gasteiger partial charge in [0.1, 0.15) is 12.2 Å². The SMILES string of the molecule is COc1cc(-c2cc(C)c3c(n2)C(OC2CCC2)N(c2cnn(CC(F)(F)F)c2)C3=O)cnc1OC. The van der Waals surface area contributed by atoms with Crippen molar-refractivity contribution in [3.63, 3.8) is 0 Å². The first kappa shape index (κ1) is 24.0. The molecule has 5 rings (SSSR count). The molecule has 1 saturated carbocycles. The number of fused-ring (bicyclic) bond motifs is 1. The molecule has 12 heteroatoms. The average molecular weight is 503 g/mol. The van der Waals surface area contributed by atoms with Crippen molar-refractivity contribution in [3.8, 4) is 22.9 Å². The van der Waals surface area contributed by atoms with Crippen LogP contribution in [0.2, 0.25) is 0 Å². The average Bonchev–Trinajstić information content (AvgIpc) is 3.36. The maximum atomic E-state index is 13.5. The number of aromatic nitrogens is 4. The Kier molecular flexibility index (Phi) is 6.07. The van der Waals surface area contributed by atoms with E-state index in [-0.39, 0.29) is 11.8 Å². The molecule has 0 bridgehead atoms. The molecule has 0 spiro atoms. The van der Waals surface area contributed by atoms with E-state index in [2.05, 4.69) is 10.1 Å². The standard InChI is InChI=1S/C24H24F3N5O4/c1-13-7-17(14-8-18(34-2)21(35-3)28-9-14)30-20-19(13)22(33)32(23(20)36-16-5-4-6-16)15-10-29-31(11-15)12-24(25,26)27/h7-11,16,23H,4-6,12H2,1-3H3. The van der Waals surface area contributed by atoms with Gasteiger partial charge in [0.25, 0.3) is 11.8 Å². The van der Waals surface area contributed by atoms with Crippen molar-refractivity contribution in [2.24, 2.45) is 0 Å². The van der Waals surface area contributed by atoms with E-state index < -0.39 is 24.9 Å². The highest BCUT2D eigenvalue weighted by Crippen LogP contribution is 2.43. The Balaban J connectivity index is 1.56. The van der Waals surface area contributed by atoms with Crippen molar-refractivity contribution < 1.29 is 32.2 Å². The van der Waals surface area contributed by atoms with Crippen molar-refractivity contribution >= 4 is 11.6 Å². The fourth-order valence-electron chi connectivity index (χ4n) is 4.34. The van der Waals surface area contributed by atoms with Gasteiger partial charge in [0.15, 0.2) is 12.0 Å². The maximum Gasteiger partial charge on any atom is 0.408 e. The van der Waals surface area contributed by atoms with E-state index in [9.17, 15) is 18.0 Å². The molecular weight excluding hydrogens is 479 g/mol. The Labute approximate surface area is 204 Å². The lowest BCUT2D eigenvalue weighted by atomic mass is 9.96. The molecule has 9 nitrogen and oxygen atoms in total. The lowest BCUT2D eigenvalue weighted by Crippen LogP contribution is -2.34. The van der Waals surface area contributed by atoms with Gasteiger partial charge in [0, 0.05) is 18.0 Å². The Hall–Kier alpha value is -3.67. The van der Waals surface area contributed by atoms with Crippen molar-refractivity contribution in [2.75, 3.05) is 19.1 Å². The number of pyridine rings is 2. The molecule has 1 unspecified atom stereocenters. The van der Waals surface area contributed by atoms with Crippen molar-refractivity contribution in [3.05, 3.63) is 47.5 Å². The Morgan fingerprint density at radius 1 is 1.14 bits per heavy atom. The Morgan fingerprint density at radius 2 is 1.92 bits per heavy atom. The van der Waals surface area contributed by atoms with Gasteiger partial charge in [0.05, 0.1) is 43.5 Å². The molecular formula is C24H24F3N5O4. The molecule has 0 N–H and O–H groups in total. The zero-order chi connectivity index (χ0) is 25.6. The van der Waals surface area contributed by atoms with E-state index in [1.807, 2.05) is 0 Å².